The van der Waals surface area contributed by atoms with Gasteiger partial charge in [-0.1, -0.05) is 19.8 Å². The van der Waals surface area contributed by atoms with E-state index in [0.717, 1.165) is 28.9 Å². The van der Waals surface area contributed by atoms with Gasteiger partial charge < -0.3 is 10.6 Å². The molecule has 0 aliphatic carbocycles. The van der Waals surface area contributed by atoms with Crippen molar-refractivity contribution < 1.29 is 0 Å². The van der Waals surface area contributed by atoms with Gasteiger partial charge in [0.2, 0.25) is 0 Å². The second-order valence-electron chi connectivity index (χ2n) is 4.67. The molecule has 1 aliphatic rings. The van der Waals surface area contributed by atoms with E-state index in [-0.39, 0.29) is 0 Å². The van der Waals surface area contributed by atoms with Gasteiger partial charge in [-0.2, -0.15) is 0 Å². The lowest BCUT2D eigenvalue weighted by Gasteiger charge is -2.31. The number of aromatic nitrogens is 1. The van der Waals surface area contributed by atoms with Crippen molar-refractivity contribution in [1.29, 1.82) is 0 Å². The summed E-state index contributed by atoms with van der Waals surface area (Å²) in [6, 6.07) is 2.54. The van der Waals surface area contributed by atoms with E-state index in [4.69, 9.17) is 5.73 Å². The molecule has 0 amide bonds. The highest BCUT2D eigenvalue weighted by molar-refractivity contribution is 9.10. The molecule has 17 heavy (non-hydrogen) atoms. The highest BCUT2D eigenvalue weighted by Crippen LogP contribution is 2.29. The molecule has 1 aromatic rings. The van der Waals surface area contributed by atoms with Crippen LogP contribution in [0.5, 0.6) is 0 Å². The van der Waals surface area contributed by atoms with Crippen molar-refractivity contribution >= 4 is 27.4 Å². The average molecular weight is 298 g/mol. The van der Waals surface area contributed by atoms with E-state index >= 15 is 0 Å². The quantitative estimate of drug-likeness (QED) is 0.907. The molecule has 94 valence electrons. The third kappa shape index (κ3) is 2.92. The topological polar surface area (TPSA) is 42.2 Å². The van der Waals surface area contributed by atoms with E-state index in [0.29, 0.717) is 6.04 Å². The van der Waals surface area contributed by atoms with Crippen LogP contribution in [-0.2, 0) is 0 Å². The van der Waals surface area contributed by atoms with Gasteiger partial charge in [0.25, 0.3) is 0 Å². The van der Waals surface area contributed by atoms with Crippen LogP contribution in [0.15, 0.2) is 16.7 Å². The zero-order valence-corrected chi connectivity index (χ0v) is 11.9. The zero-order valence-electron chi connectivity index (χ0n) is 10.3. The fraction of sp³-hybridized carbons (Fsp3) is 0.615. The van der Waals surface area contributed by atoms with Crippen LogP contribution in [0.3, 0.4) is 0 Å². The summed E-state index contributed by atoms with van der Waals surface area (Å²) < 4.78 is 0.946. The van der Waals surface area contributed by atoms with Crippen LogP contribution in [-0.4, -0.2) is 17.6 Å². The van der Waals surface area contributed by atoms with Gasteiger partial charge in [0.1, 0.15) is 0 Å². The van der Waals surface area contributed by atoms with E-state index in [9.17, 15) is 0 Å². The van der Waals surface area contributed by atoms with Crippen LogP contribution < -0.4 is 10.6 Å². The minimum Gasteiger partial charge on any atom is -0.396 e. The van der Waals surface area contributed by atoms with Gasteiger partial charge in [0, 0.05) is 23.3 Å². The standard InChI is InChI=1S/C13H20BrN3/c1-2-11-6-4-3-5-7-17(11)13-12(15)8-10(14)9-16-13/h8-9,11H,2-7,15H2,1H3. The molecule has 1 aromatic heterocycles. The molecule has 1 fully saturated rings. The Kier molecular flexibility index (Phi) is 4.26. The number of nitrogen functional groups attached to an aromatic ring is 1. The summed E-state index contributed by atoms with van der Waals surface area (Å²) in [6.07, 6.45) is 8.15. The van der Waals surface area contributed by atoms with Gasteiger partial charge in [0.05, 0.1) is 5.69 Å². The third-order valence-corrected chi connectivity index (χ3v) is 3.92. The first kappa shape index (κ1) is 12.7. The molecule has 1 atom stereocenters. The molecule has 4 heteroatoms. The van der Waals surface area contributed by atoms with Crippen molar-refractivity contribution in [2.75, 3.05) is 17.2 Å². The monoisotopic (exact) mass is 297 g/mol. The zero-order chi connectivity index (χ0) is 12.3. The van der Waals surface area contributed by atoms with E-state index in [1.54, 1.807) is 0 Å². The second-order valence-corrected chi connectivity index (χ2v) is 5.59. The van der Waals surface area contributed by atoms with Gasteiger partial charge in [-0.05, 0) is 41.3 Å². The van der Waals surface area contributed by atoms with Crippen molar-refractivity contribution in [3.63, 3.8) is 0 Å². The lowest BCUT2D eigenvalue weighted by Crippen LogP contribution is -2.35. The maximum Gasteiger partial charge on any atom is 0.152 e. The van der Waals surface area contributed by atoms with Gasteiger partial charge in [-0.25, -0.2) is 4.98 Å². The Labute approximate surface area is 112 Å². The number of anilines is 2. The minimum absolute atomic E-state index is 0.591. The fourth-order valence-corrected chi connectivity index (χ4v) is 2.92. The van der Waals surface area contributed by atoms with Crippen LogP contribution in [0.4, 0.5) is 11.5 Å². The molecule has 0 bridgehead atoms. The molecule has 0 aromatic carbocycles. The minimum atomic E-state index is 0.591. The molecule has 3 nitrogen and oxygen atoms in total. The van der Waals surface area contributed by atoms with Gasteiger partial charge >= 0.3 is 0 Å². The summed E-state index contributed by atoms with van der Waals surface area (Å²) in [6.45, 7) is 3.33. The summed E-state index contributed by atoms with van der Waals surface area (Å²) in [5, 5.41) is 0. The van der Waals surface area contributed by atoms with Crippen molar-refractivity contribution in [2.45, 2.75) is 45.1 Å². The Morgan fingerprint density at radius 3 is 3.00 bits per heavy atom. The number of hydrogen-bond donors (Lipinski definition) is 1. The molecule has 0 spiro atoms. The van der Waals surface area contributed by atoms with Crippen LogP contribution in [0.2, 0.25) is 0 Å². The SMILES string of the molecule is CCC1CCCCCN1c1ncc(Br)cc1N. The summed E-state index contributed by atoms with van der Waals surface area (Å²) in [7, 11) is 0. The summed E-state index contributed by atoms with van der Waals surface area (Å²) in [5.74, 6) is 0.960. The van der Waals surface area contributed by atoms with Crippen LogP contribution >= 0.6 is 15.9 Å². The van der Waals surface area contributed by atoms with Crippen LogP contribution in [0.1, 0.15) is 39.0 Å². The van der Waals surface area contributed by atoms with Crippen molar-refractivity contribution in [2.24, 2.45) is 0 Å². The summed E-state index contributed by atoms with van der Waals surface area (Å²) >= 11 is 3.41. The molecule has 2 heterocycles. The molecule has 0 radical (unpaired) electrons. The lowest BCUT2D eigenvalue weighted by atomic mass is 10.1. The number of hydrogen-bond acceptors (Lipinski definition) is 3. The number of nitrogens with two attached hydrogens (primary N) is 1. The fourth-order valence-electron chi connectivity index (χ4n) is 2.57. The summed E-state index contributed by atoms with van der Waals surface area (Å²) in [4.78, 5) is 6.89. The maximum absolute atomic E-state index is 6.09. The van der Waals surface area contributed by atoms with E-state index in [1.165, 1.54) is 25.7 Å². The van der Waals surface area contributed by atoms with E-state index in [1.807, 2.05) is 12.3 Å². The predicted octanol–water partition coefficient (Wildman–Crippen LogP) is 3.59. The van der Waals surface area contributed by atoms with Crippen molar-refractivity contribution in [1.82, 2.24) is 4.98 Å². The molecule has 1 unspecified atom stereocenters. The Morgan fingerprint density at radius 2 is 2.29 bits per heavy atom. The molecule has 1 saturated heterocycles. The average Bonchev–Trinajstić information content (AvgIpc) is 2.54. The first-order chi connectivity index (χ1) is 8.22. The molecule has 1 aliphatic heterocycles. The molecular formula is C13H20BrN3. The Bertz CT molecular complexity index is 381. The Morgan fingerprint density at radius 1 is 1.47 bits per heavy atom. The van der Waals surface area contributed by atoms with Crippen molar-refractivity contribution in [3.8, 4) is 0 Å². The number of nitrogens with zero attached hydrogens (tertiary/aromatic N) is 2. The Hall–Kier alpha value is -0.770. The molecule has 0 saturated carbocycles. The van der Waals surface area contributed by atoms with Crippen molar-refractivity contribution in [3.05, 3.63) is 16.7 Å². The highest BCUT2D eigenvalue weighted by atomic mass is 79.9. The van der Waals surface area contributed by atoms with Gasteiger partial charge in [-0.3, -0.25) is 0 Å². The molecule has 2 rings (SSSR count). The van der Waals surface area contributed by atoms with Crippen LogP contribution in [0.25, 0.3) is 0 Å². The van der Waals surface area contributed by atoms with Gasteiger partial charge in [0.15, 0.2) is 5.82 Å². The predicted molar refractivity (Wildman–Crippen MR) is 76.2 cm³/mol. The highest BCUT2D eigenvalue weighted by Gasteiger charge is 2.22. The smallest absolute Gasteiger partial charge is 0.152 e. The van der Waals surface area contributed by atoms with E-state index < -0.39 is 0 Å². The number of rotatable bonds is 2. The van der Waals surface area contributed by atoms with Gasteiger partial charge in [-0.15, -0.1) is 0 Å². The lowest BCUT2D eigenvalue weighted by molar-refractivity contribution is 0.553. The number of halogens is 1. The Balaban J connectivity index is 2.28. The third-order valence-electron chi connectivity index (χ3n) is 3.48. The number of pyridine rings is 1. The second kappa shape index (κ2) is 5.71. The molecular weight excluding hydrogens is 278 g/mol. The first-order valence-corrected chi connectivity index (χ1v) is 7.19. The summed E-state index contributed by atoms with van der Waals surface area (Å²) in [5.41, 5.74) is 6.86. The maximum atomic E-state index is 6.09. The largest absolute Gasteiger partial charge is 0.396 e. The van der Waals surface area contributed by atoms with Crippen LogP contribution in [0, 0.1) is 0 Å². The molecule has 2 N–H and O–H groups in total. The first-order valence-electron chi connectivity index (χ1n) is 6.40. The van der Waals surface area contributed by atoms with E-state index in [2.05, 4.69) is 32.7 Å². The normalized spacial score (nSPS) is 21.3.